The molecule has 1 N–H and O–H groups in total. The highest BCUT2D eigenvalue weighted by Crippen LogP contribution is 2.31. The summed E-state index contributed by atoms with van der Waals surface area (Å²) < 4.78 is 0. The van der Waals surface area contributed by atoms with Crippen molar-refractivity contribution in [1.29, 1.82) is 0 Å². The van der Waals surface area contributed by atoms with Gasteiger partial charge in [-0.25, -0.2) is 0 Å². The molecule has 1 atom stereocenters. The van der Waals surface area contributed by atoms with E-state index in [-0.39, 0.29) is 17.4 Å². The second kappa shape index (κ2) is 6.38. The standard InChI is InChI=1S/C19H23N3O2/c23-18-15-7-4-9-20-17(15)11-16(21-18)14-8-10-22(12-14)19(24)13-5-2-1-3-6-13/h4,7,9,11,13-14H,1-3,5-6,8,10,12H2,(H,21,23)/t14-/m1/s1. The van der Waals surface area contributed by atoms with E-state index >= 15 is 0 Å². The average molecular weight is 325 g/mol. The van der Waals surface area contributed by atoms with Gasteiger partial charge in [0.25, 0.3) is 5.56 Å². The van der Waals surface area contributed by atoms with E-state index in [1.54, 1.807) is 18.3 Å². The summed E-state index contributed by atoms with van der Waals surface area (Å²) in [6.45, 7) is 1.51. The molecule has 24 heavy (non-hydrogen) atoms. The van der Waals surface area contributed by atoms with E-state index in [2.05, 4.69) is 9.97 Å². The molecule has 1 amide bonds. The Morgan fingerprint density at radius 1 is 1.21 bits per heavy atom. The molecule has 0 unspecified atom stereocenters. The van der Waals surface area contributed by atoms with Crippen LogP contribution in [0.15, 0.2) is 29.2 Å². The van der Waals surface area contributed by atoms with Crippen molar-refractivity contribution >= 4 is 16.8 Å². The lowest BCUT2D eigenvalue weighted by molar-refractivity contribution is -0.135. The Hall–Kier alpha value is -2.17. The number of H-pyrrole nitrogens is 1. The van der Waals surface area contributed by atoms with Gasteiger partial charge in [0.2, 0.25) is 5.91 Å². The van der Waals surface area contributed by atoms with Crippen molar-refractivity contribution < 1.29 is 4.79 Å². The van der Waals surface area contributed by atoms with Gasteiger partial charge in [0.1, 0.15) is 0 Å². The van der Waals surface area contributed by atoms with Gasteiger partial charge in [0.15, 0.2) is 0 Å². The molecular formula is C19H23N3O2. The van der Waals surface area contributed by atoms with Gasteiger partial charge in [-0.05, 0) is 37.5 Å². The second-order valence-electron chi connectivity index (χ2n) is 7.09. The molecule has 1 aliphatic heterocycles. The number of aromatic amines is 1. The fourth-order valence-electron chi connectivity index (χ4n) is 4.15. The van der Waals surface area contributed by atoms with E-state index in [1.807, 2.05) is 11.0 Å². The number of nitrogens with one attached hydrogen (secondary N) is 1. The third-order valence-electron chi connectivity index (χ3n) is 5.53. The normalized spacial score (nSPS) is 22.2. The van der Waals surface area contributed by atoms with Crippen LogP contribution in [0.5, 0.6) is 0 Å². The van der Waals surface area contributed by atoms with E-state index in [1.165, 1.54) is 19.3 Å². The zero-order chi connectivity index (χ0) is 16.5. The average Bonchev–Trinajstić information content (AvgIpc) is 3.12. The van der Waals surface area contributed by atoms with Crippen LogP contribution in [0.4, 0.5) is 0 Å². The van der Waals surface area contributed by atoms with E-state index in [0.29, 0.717) is 17.8 Å². The summed E-state index contributed by atoms with van der Waals surface area (Å²) in [5.41, 5.74) is 1.55. The summed E-state index contributed by atoms with van der Waals surface area (Å²) in [6.07, 6.45) is 8.31. The molecule has 2 aromatic rings. The fourth-order valence-corrected chi connectivity index (χ4v) is 4.15. The number of rotatable bonds is 2. The van der Waals surface area contributed by atoms with E-state index in [0.717, 1.165) is 37.0 Å². The van der Waals surface area contributed by atoms with Crippen molar-refractivity contribution in [3.63, 3.8) is 0 Å². The third kappa shape index (κ3) is 2.83. The maximum Gasteiger partial charge on any atom is 0.257 e. The summed E-state index contributed by atoms with van der Waals surface area (Å²) in [7, 11) is 0. The van der Waals surface area contributed by atoms with Gasteiger partial charge >= 0.3 is 0 Å². The number of carbonyl (C=O) groups excluding carboxylic acids is 1. The summed E-state index contributed by atoms with van der Waals surface area (Å²) in [5, 5.41) is 0.620. The van der Waals surface area contributed by atoms with Gasteiger partial charge in [-0.15, -0.1) is 0 Å². The van der Waals surface area contributed by atoms with Crippen LogP contribution in [0.2, 0.25) is 0 Å². The lowest BCUT2D eigenvalue weighted by Crippen LogP contribution is -2.35. The Morgan fingerprint density at radius 3 is 2.88 bits per heavy atom. The van der Waals surface area contributed by atoms with Gasteiger partial charge in [0.05, 0.1) is 10.9 Å². The Labute approximate surface area is 141 Å². The predicted molar refractivity (Wildman–Crippen MR) is 92.9 cm³/mol. The molecule has 2 aliphatic rings. The maximum atomic E-state index is 12.7. The molecule has 1 saturated carbocycles. The van der Waals surface area contributed by atoms with Gasteiger partial charge in [-0.3, -0.25) is 14.6 Å². The molecule has 4 rings (SSSR count). The van der Waals surface area contributed by atoms with Crippen LogP contribution in [-0.2, 0) is 4.79 Å². The monoisotopic (exact) mass is 325 g/mol. The molecule has 0 spiro atoms. The van der Waals surface area contributed by atoms with Crippen LogP contribution in [0.3, 0.4) is 0 Å². The van der Waals surface area contributed by atoms with Crippen LogP contribution in [0.1, 0.15) is 50.1 Å². The Balaban J connectivity index is 1.52. The number of hydrogen-bond acceptors (Lipinski definition) is 3. The van der Waals surface area contributed by atoms with Gasteiger partial charge < -0.3 is 9.88 Å². The SMILES string of the molecule is O=C(C1CCCCC1)N1CC[C@@H](c2cc3ncccc3c(=O)[nH]2)C1. The molecule has 1 saturated heterocycles. The van der Waals surface area contributed by atoms with Crippen molar-refractivity contribution in [3.8, 4) is 0 Å². The molecule has 126 valence electrons. The van der Waals surface area contributed by atoms with Crippen LogP contribution in [0.25, 0.3) is 10.9 Å². The summed E-state index contributed by atoms with van der Waals surface area (Å²) in [5.74, 6) is 0.741. The largest absolute Gasteiger partial charge is 0.342 e. The molecule has 2 aromatic heterocycles. The quantitative estimate of drug-likeness (QED) is 0.923. The molecule has 3 heterocycles. The van der Waals surface area contributed by atoms with Crippen molar-refractivity contribution in [3.05, 3.63) is 40.4 Å². The smallest absolute Gasteiger partial charge is 0.257 e. The first-order valence-electron chi connectivity index (χ1n) is 8.99. The molecule has 0 radical (unpaired) electrons. The molecule has 5 nitrogen and oxygen atoms in total. The lowest BCUT2D eigenvalue weighted by Gasteiger charge is -2.26. The lowest BCUT2D eigenvalue weighted by atomic mass is 9.88. The number of aromatic nitrogens is 2. The molecule has 1 aliphatic carbocycles. The van der Waals surface area contributed by atoms with Crippen molar-refractivity contribution in [2.75, 3.05) is 13.1 Å². The minimum atomic E-state index is -0.0901. The zero-order valence-corrected chi connectivity index (χ0v) is 13.8. The second-order valence-corrected chi connectivity index (χ2v) is 7.09. The van der Waals surface area contributed by atoms with Gasteiger partial charge in [-0.2, -0.15) is 0 Å². The van der Waals surface area contributed by atoms with Crippen LogP contribution < -0.4 is 5.56 Å². The fraction of sp³-hybridized carbons (Fsp3) is 0.526. The number of hydrogen-bond donors (Lipinski definition) is 1. The molecule has 0 bridgehead atoms. The predicted octanol–water partition coefficient (Wildman–Crippen LogP) is 2.82. The van der Waals surface area contributed by atoms with Crippen molar-refractivity contribution in [2.24, 2.45) is 5.92 Å². The van der Waals surface area contributed by atoms with Crippen LogP contribution in [0, 0.1) is 5.92 Å². The summed E-state index contributed by atoms with van der Waals surface area (Å²) >= 11 is 0. The zero-order valence-electron chi connectivity index (χ0n) is 13.8. The van der Waals surface area contributed by atoms with Gasteiger partial charge in [-0.1, -0.05) is 19.3 Å². The Morgan fingerprint density at radius 2 is 2.04 bits per heavy atom. The number of pyridine rings is 2. The molecule has 0 aromatic carbocycles. The van der Waals surface area contributed by atoms with Crippen molar-refractivity contribution in [2.45, 2.75) is 44.4 Å². The number of nitrogens with zero attached hydrogens (tertiary/aromatic N) is 2. The van der Waals surface area contributed by atoms with E-state index in [9.17, 15) is 9.59 Å². The highest BCUT2D eigenvalue weighted by atomic mass is 16.2. The number of fused-ring (bicyclic) bond motifs is 1. The number of carbonyl (C=O) groups is 1. The summed E-state index contributed by atoms with van der Waals surface area (Å²) in [4.78, 5) is 34.2. The van der Waals surface area contributed by atoms with Crippen LogP contribution in [-0.4, -0.2) is 33.9 Å². The first-order chi connectivity index (χ1) is 11.7. The van der Waals surface area contributed by atoms with Crippen LogP contribution >= 0.6 is 0 Å². The van der Waals surface area contributed by atoms with E-state index in [4.69, 9.17) is 0 Å². The highest BCUT2D eigenvalue weighted by Gasteiger charge is 2.32. The minimum absolute atomic E-state index is 0.0901. The first-order valence-corrected chi connectivity index (χ1v) is 8.99. The van der Waals surface area contributed by atoms with Crippen molar-refractivity contribution in [1.82, 2.24) is 14.9 Å². The first kappa shape index (κ1) is 15.4. The molecular weight excluding hydrogens is 302 g/mol. The topological polar surface area (TPSA) is 66.1 Å². The molecule has 5 heteroatoms. The Kier molecular flexibility index (Phi) is 4.08. The Bertz CT molecular complexity index is 808. The molecule has 2 fully saturated rings. The van der Waals surface area contributed by atoms with E-state index < -0.39 is 0 Å². The third-order valence-corrected chi connectivity index (χ3v) is 5.53. The minimum Gasteiger partial charge on any atom is -0.342 e. The highest BCUT2D eigenvalue weighted by molar-refractivity contribution is 5.79. The maximum absolute atomic E-state index is 12.7. The van der Waals surface area contributed by atoms with Gasteiger partial charge in [0, 0.05) is 36.8 Å². The number of amides is 1. The number of likely N-dealkylation sites (tertiary alicyclic amines) is 1. The summed E-state index contributed by atoms with van der Waals surface area (Å²) in [6, 6.07) is 5.53.